The molecule has 0 aromatic rings. The van der Waals surface area contributed by atoms with Gasteiger partial charge in [-0.05, 0) is 17.6 Å². The third-order valence-electron chi connectivity index (χ3n) is 2.22. The van der Waals surface area contributed by atoms with Crippen LogP contribution in [0.2, 0.25) is 17.6 Å². The second-order valence-corrected chi connectivity index (χ2v) is 8.98. The molecule has 0 saturated heterocycles. The summed E-state index contributed by atoms with van der Waals surface area (Å²) in [5.41, 5.74) is 0.888. The highest BCUT2D eigenvalue weighted by Gasteiger charge is 2.15. The molecule has 0 aliphatic rings. The molecule has 2 unspecified atom stereocenters. The van der Waals surface area contributed by atoms with Crippen LogP contribution in [-0.4, -0.2) is 18.8 Å². The van der Waals surface area contributed by atoms with Crippen molar-refractivity contribution in [2.75, 3.05) is 0 Å². The van der Waals surface area contributed by atoms with Crippen LogP contribution in [0, 0.1) is 0 Å². The second-order valence-electron chi connectivity index (χ2n) is 3.20. The Hall–Kier alpha value is 0.394. The van der Waals surface area contributed by atoms with Crippen LogP contribution >= 0.6 is 0 Å². The van der Waals surface area contributed by atoms with E-state index in [1.807, 2.05) is 0 Å². The van der Waals surface area contributed by atoms with E-state index in [1.54, 1.807) is 0 Å². The molecular formula is C8H22OSi2. The fourth-order valence-electron chi connectivity index (χ4n) is 1.22. The van der Waals surface area contributed by atoms with Crippen LogP contribution in [0.5, 0.6) is 0 Å². The van der Waals surface area contributed by atoms with E-state index in [0.717, 1.165) is 5.54 Å². The molecule has 0 amide bonds. The van der Waals surface area contributed by atoms with Gasteiger partial charge in [0.2, 0.25) is 0 Å². The van der Waals surface area contributed by atoms with Crippen molar-refractivity contribution in [3.63, 3.8) is 0 Å². The first-order valence-corrected chi connectivity index (χ1v) is 8.40. The normalized spacial score (nSPS) is 17.5. The van der Waals surface area contributed by atoms with E-state index in [4.69, 9.17) is 4.12 Å². The summed E-state index contributed by atoms with van der Waals surface area (Å²) >= 11 is 0. The molecule has 0 N–H and O–H groups in total. The molecule has 1 nitrogen and oxygen atoms in total. The van der Waals surface area contributed by atoms with Crippen LogP contribution < -0.4 is 0 Å². The Balaban J connectivity index is 3.56. The lowest BCUT2D eigenvalue weighted by Crippen LogP contribution is -2.23. The smallest absolute Gasteiger partial charge is 0.165 e. The van der Waals surface area contributed by atoms with Crippen molar-refractivity contribution < 1.29 is 4.12 Å². The summed E-state index contributed by atoms with van der Waals surface area (Å²) in [5, 5.41) is 0. The molecule has 0 aromatic carbocycles. The molecule has 0 aliphatic heterocycles. The van der Waals surface area contributed by atoms with Gasteiger partial charge in [0.1, 0.15) is 9.76 Å². The molecular weight excluding hydrogens is 168 g/mol. The fraction of sp³-hybridized carbons (Fsp3) is 1.00. The Morgan fingerprint density at radius 3 is 2.36 bits per heavy atom. The number of rotatable bonds is 6. The average Bonchev–Trinajstić information content (AvgIpc) is 2.05. The van der Waals surface area contributed by atoms with Crippen molar-refractivity contribution in [2.24, 2.45) is 0 Å². The molecule has 11 heavy (non-hydrogen) atoms. The molecule has 0 aliphatic carbocycles. The topological polar surface area (TPSA) is 9.23 Å². The van der Waals surface area contributed by atoms with Gasteiger partial charge in [-0.2, -0.15) is 0 Å². The standard InChI is InChI=1S/C8H22OSi2/c1-5-8(4)11(7-3)9-10-6-2/h8,11H,5-7,10H2,1-4H3. The summed E-state index contributed by atoms with van der Waals surface area (Å²) in [6, 6.07) is 2.63. The molecule has 0 aromatic heterocycles. The van der Waals surface area contributed by atoms with Crippen LogP contribution in [0.15, 0.2) is 0 Å². The SMILES string of the molecule is CC[SiH2]O[SiH](CC)C(C)CC. The third kappa shape index (κ3) is 4.77. The minimum atomic E-state index is -0.763. The van der Waals surface area contributed by atoms with Gasteiger partial charge in [0, 0.05) is 0 Å². The second kappa shape index (κ2) is 7.07. The molecule has 3 heteroatoms. The Kier molecular flexibility index (Phi) is 7.32. The summed E-state index contributed by atoms with van der Waals surface area (Å²) in [6.07, 6.45) is 1.31. The predicted octanol–water partition coefficient (Wildman–Crippen LogP) is 2.07. The van der Waals surface area contributed by atoms with Crippen LogP contribution in [-0.2, 0) is 4.12 Å². The first-order valence-electron chi connectivity index (χ1n) is 4.87. The van der Waals surface area contributed by atoms with Gasteiger partial charge >= 0.3 is 0 Å². The van der Waals surface area contributed by atoms with Gasteiger partial charge in [-0.3, -0.25) is 0 Å². The monoisotopic (exact) mass is 190 g/mol. The van der Waals surface area contributed by atoms with Gasteiger partial charge in [0.05, 0.1) is 0 Å². The van der Waals surface area contributed by atoms with Crippen molar-refractivity contribution in [3.05, 3.63) is 0 Å². The average molecular weight is 190 g/mol. The number of hydrogen-bond donors (Lipinski definition) is 0. The van der Waals surface area contributed by atoms with Gasteiger partial charge in [-0.15, -0.1) is 0 Å². The van der Waals surface area contributed by atoms with Gasteiger partial charge < -0.3 is 4.12 Å². The highest BCUT2D eigenvalue weighted by molar-refractivity contribution is 6.59. The zero-order chi connectivity index (χ0) is 8.69. The van der Waals surface area contributed by atoms with Crippen molar-refractivity contribution in [1.29, 1.82) is 0 Å². The Morgan fingerprint density at radius 2 is 2.00 bits per heavy atom. The Bertz CT molecular complexity index is 88.2. The summed E-state index contributed by atoms with van der Waals surface area (Å²) in [7, 11) is -0.890. The number of hydrogen-bond acceptors (Lipinski definition) is 1. The molecule has 0 rings (SSSR count). The summed E-state index contributed by atoms with van der Waals surface area (Å²) in [6.45, 7) is 9.15. The van der Waals surface area contributed by atoms with E-state index in [0.29, 0.717) is 0 Å². The largest absolute Gasteiger partial charge is 0.462 e. The van der Waals surface area contributed by atoms with Crippen LogP contribution in [0.3, 0.4) is 0 Å². The maximum absolute atomic E-state index is 5.97. The minimum Gasteiger partial charge on any atom is -0.462 e. The van der Waals surface area contributed by atoms with E-state index in [9.17, 15) is 0 Å². The molecule has 0 spiro atoms. The highest BCUT2D eigenvalue weighted by Crippen LogP contribution is 2.17. The minimum absolute atomic E-state index is 0.127. The Labute approximate surface area is 75.2 Å². The van der Waals surface area contributed by atoms with Crippen molar-refractivity contribution in [1.82, 2.24) is 0 Å². The van der Waals surface area contributed by atoms with Gasteiger partial charge in [-0.1, -0.05) is 34.1 Å². The molecule has 0 saturated carbocycles. The van der Waals surface area contributed by atoms with E-state index in [1.165, 1.54) is 18.5 Å². The molecule has 0 fully saturated rings. The fourth-order valence-corrected chi connectivity index (χ4v) is 6.96. The molecule has 2 atom stereocenters. The lowest BCUT2D eigenvalue weighted by atomic mass is 10.4. The van der Waals surface area contributed by atoms with Crippen molar-refractivity contribution in [3.8, 4) is 0 Å². The van der Waals surface area contributed by atoms with Crippen molar-refractivity contribution >= 4 is 18.8 Å². The predicted molar refractivity (Wildman–Crippen MR) is 57.5 cm³/mol. The summed E-state index contributed by atoms with van der Waals surface area (Å²) in [5.74, 6) is 0. The van der Waals surface area contributed by atoms with Gasteiger partial charge in [0.15, 0.2) is 9.04 Å². The lowest BCUT2D eigenvalue weighted by Gasteiger charge is -2.20. The van der Waals surface area contributed by atoms with E-state index in [2.05, 4.69) is 27.7 Å². The Morgan fingerprint density at radius 1 is 1.36 bits per heavy atom. The molecule has 0 heterocycles. The van der Waals surface area contributed by atoms with Crippen LogP contribution in [0.25, 0.3) is 0 Å². The quantitative estimate of drug-likeness (QED) is 0.583. The van der Waals surface area contributed by atoms with E-state index < -0.39 is 9.04 Å². The molecule has 0 bridgehead atoms. The highest BCUT2D eigenvalue weighted by atomic mass is 28.3. The van der Waals surface area contributed by atoms with E-state index in [-0.39, 0.29) is 9.76 Å². The van der Waals surface area contributed by atoms with Crippen LogP contribution in [0.1, 0.15) is 34.1 Å². The molecule has 0 radical (unpaired) electrons. The zero-order valence-corrected chi connectivity index (χ0v) is 11.0. The first-order chi connectivity index (χ1) is 5.26. The van der Waals surface area contributed by atoms with Gasteiger partial charge in [-0.25, -0.2) is 0 Å². The summed E-state index contributed by atoms with van der Waals surface area (Å²) in [4.78, 5) is 0. The third-order valence-corrected chi connectivity index (χ3v) is 7.83. The lowest BCUT2D eigenvalue weighted by molar-refractivity contribution is 0.575. The maximum atomic E-state index is 5.97. The summed E-state index contributed by atoms with van der Waals surface area (Å²) < 4.78 is 5.97. The molecule has 68 valence electrons. The van der Waals surface area contributed by atoms with Gasteiger partial charge in [0.25, 0.3) is 0 Å². The maximum Gasteiger partial charge on any atom is 0.165 e. The van der Waals surface area contributed by atoms with Crippen LogP contribution in [0.4, 0.5) is 0 Å². The zero-order valence-electron chi connectivity index (χ0n) is 8.39. The van der Waals surface area contributed by atoms with Crippen molar-refractivity contribution in [2.45, 2.75) is 51.7 Å². The van der Waals surface area contributed by atoms with E-state index >= 15 is 0 Å². The first kappa shape index (κ1) is 11.4.